The molecule has 5 heteroatoms. The van der Waals surface area contributed by atoms with Crippen LogP contribution in [0.4, 0.5) is 5.69 Å². The van der Waals surface area contributed by atoms with E-state index < -0.39 is 0 Å². The second-order valence-electron chi connectivity index (χ2n) is 2.70. The van der Waals surface area contributed by atoms with Crippen molar-refractivity contribution >= 4 is 12.2 Å². The molecule has 0 aliphatic carbocycles. The van der Waals surface area contributed by atoms with E-state index in [1.807, 2.05) is 6.07 Å². The third-order valence-electron chi connectivity index (χ3n) is 1.79. The van der Waals surface area contributed by atoms with Crippen molar-refractivity contribution in [3.05, 3.63) is 23.8 Å². The molecule has 0 bridgehead atoms. The van der Waals surface area contributed by atoms with Crippen molar-refractivity contribution in [3.63, 3.8) is 0 Å². The summed E-state index contributed by atoms with van der Waals surface area (Å²) in [4.78, 5) is 8.36. The molecule has 0 aromatic heterocycles. The summed E-state index contributed by atoms with van der Waals surface area (Å²) in [5.41, 5.74) is 1.61. The molecule has 0 saturated heterocycles. The van der Waals surface area contributed by atoms with Gasteiger partial charge in [0.05, 0.1) is 17.3 Å². The van der Waals surface area contributed by atoms with E-state index >= 15 is 0 Å². The van der Waals surface area contributed by atoms with Crippen LogP contribution in [0.2, 0.25) is 0 Å². The molecule has 1 aliphatic rings. The molecule has 0 fully saturated rings. The Hall–Kier alpha value is -2.22. The Morgan fingerprint density at radius 3 is 3.00 bits per heavy atom. The summed E-state index contributed by atoms with van der Waals surface area (Å²) < 4.78 is 5.35. The highest BCUT2D eigenvalue weighted by molar-refractivity contribution is 5.60. The molecule has 1 aromatic rings. The molecule has 0 radical (unpaired) electrons. The molecule has 0 spiro atoms. The molecule has 15 heavy (non-hydrogen) atoms. The van der Waals surface area contributed by atoms with Gasteiger partial charge in [-0.1, -0.05) is 0 Å². The molecule has 2 N–H and O–H groups in total. The average molecular weight is 206 g/mol. The summed E-state index contributed by atoms with van der Waals surface area (Å²) in [7, 11) is 0. The van der Waals surface area contributed by atoms with Crippen LogP contribution in [-0.4, -0.2) is 24.7 Å². The van der Waals surface area contributed by atoms with Crippen LogP contribution in [0, 0.1) is 11.3 Å². The summed E-state index contributed by atoms with van der Waals surface area (Å²) in [5, 5.41) is 18.7. The maximum Gasteiger partial charge on any atom is 0.290 e. The van der Waals surface area contributed by atoms with E-state index in [2.05, 4.69) is 11.4 Å². The summed E-state index contributed by atoms with van der Waals surface area (Å²) in [5.74, 6) is 0.778. The van der Waals surface area contributed by atoms with Crippen molar-refractivity contribution < 1.29 is 14.6 Å². The molecule has 1 aromatic carbocycles. The minimum absolute atomic E-state index is 0.250. The molecule has 0 unspecified atom stereocenters. The molecular formula is C10H10N2O3. The third-order valence-corrected chi connectivity index (χ3v) is 1.79. The van der Waals surface area contributed by atoms with Gasteiger partial charge in [0.1, 0.15) is 12.4 Å². The van der Waals surface area contributed by atoms with Gasteiger partial charge in [0, 0.05) is 12.6 Å². The first-order valence-electron chi connectivity index (χ1n) is 4.30. The largest absolute Gasteiger partial charge is 0.490 e. The Bertz CT molecular complexity index is 385. The first-order valence-corrected chi connectivity index (χ1v) is 4.30. The van der Waals surface area contributed by atoms with E-state index in [0.29, 0.717) is 12.2 Å². The van der Waals surface area contributed by atoms with Crippen molar-refractivity contribution in [3.8, 4) is 11.8 Å². The normalized spacial score (nSPS) is 11.7. The number of benzene rings is 1. The number of rotatable bonds is 0. The van der Waals surface area contributed by atoms with Gasteiger partial charge in [0.25, 0.3) is 6.47 Å². The summed E-state index contributed by atoms with van der Waals surface area (Å²) >= 11 is 0. The van der Waals surface area contributed by atoms with Gasteiger partial charge in [-0.3, -0.25) is 4.79 Å². The van der Waals surface area contributed by atoms with Crippen LogP contribution >= 0.6 is 0 Å². The average Bonchev–Trinajstić information content (AvgIpc) is 2.29. The molecule has 0 atom stereocenters. The first-order chi connectivity index (χ1) is 7.31. The van der Waals surface area contributed by atoms with E-state index in [9.17, 15) is 0 Å². The highest BCUT2D eigenvalue weighted by Gasteiger charge is 2.08. The standard InChI is InChI=1S/C9H8N2O.CH2O2/c10-6-7-1-2-8-9(5-7)12-4-3-11-8;2-1-3/h1-2,5,11H,3-4H2;1H,(H,2,3). The summed E-state index contributed by atoms with van der Waals surface area (Å²) in [6.07, 6.45) is 0. The fourth-order valence-electron chi connectivity index (χ4n) is 1.20. The lowest BCUT2D eigenvalue weighted by Crippen LogP contribution is -2.17. The van der Waals surface area contributed by atoms with E-state index in [4.69, 9.17) is 19.9 Å². The molecule has 0 saturated carbocycles. The number of fused-ring (bicyclic) bond motifs is 1. The second-order valence-corrected chi connectivity index (χ2v) is 2.70. The number of hydrogen-bond donors (Lipinski definition) is 2. The number of anilines is 1. The Kier molecular flexibility index (Phi) is 3.98. The molecule has 1 heterocycles. The van der Waals surface area contributed by atoms with Crippen LogP contribution in [-0.2, 0) is 4.79 Å². The first kappa shape index (κ1) is 10.9. The van der Waals surface area contributed by atoms with Gasteiger partial charge in [-0.15, -0.1) is 0 Å². The molecule has 78 valence electrons. The molecular weight excluding hydrogens is 196 g/mol. The number of ether oxygens (including phenoxy) is 1. The Balaban J connectivity index is 0.000000337. The van der Waals surface area contributed by atoms with Crippen LogP contribution in [0.15, 0.2) is 18.2 Å². The number of hydrogen-bond acceptors (Lipinski definition) is 4. The Morgan fingerprint density at radius 1 is 1.60 bits per heavy atom. The zero-order chi connectivity index (χ0) is 11.1. The van der Waals surface area contributed by atoms with Crippen LogP contribution in [0.1, 0.15) is 5.56 Å². The smallest absolute Gasteiger partial charge is 0.290 e. The maximum atomic E-state index is 8.61. The summed E-state index contributed by atoms with van der Waals surface area (Å²) in [6.45, 7) is 1.25. The number of nitrogens with zero attached hydrogens (tertiary/aromatic N) is 1. The highest BCUT2D eigenvalue weighted by Crippen LogP contribution is 2.27. The van der Waals surface area contributed by atoms with Crippen molar-refractivity contribution in [1.29, 1.82) is 5.26 Å². The minimum Gasteiger partial charge on any atom is -0.490 e. The predicted molar refractivity (Wildman–Crippen MR) is 53.8 cm³/mol. The van der Waals surface area contributed by atoms with Gasteiger partial charge in [-0.05, 0) is 12.1 Å². The number of nitrogens with one attached hydrogen (secondary N) is 1. The molecule has 0 amide bonds. The number of carbonyl (C=O) groups is 1. The lowest BCUT2D eigenvalue weighted by atomic mass is 10.2. The quantitative estimate of drug-likeness (QED) is 0.620. The number of nitriles is 1. The van der Waals surface area contributed by atoms with Gasteiger partial charge in [-0.2, -0.15) is 5.26 Å². The zero-order valence-electron chi connectivity index (χ0n) is 7.93. The van der Waals surface area contributed by atoms with E-state index in [1.165, 1.54) is 0 Å². The topological polar surface area (TPSA) is 82.3 Å². The van der Waals surface area contributed by atoms with Crippen LogP contribution in [0.3, 0.4) is 0 Å². The molecule has 1 aliphatic heterocycles. The SMILES string of the molecule is N#Cc1ccc2c(c1)OCCN2.O=CO. The Labute approximate surface area is 86.9 Å². The minimum atomic E-state index is -0.250. The van der Waals surface area contributed by atoms with E-state index in [-0.39, 0.29) is 6.47 Å². The Morgan fingerprint density at radius 2 is 2.33 bits per heavy atom. The van der Waals surface area contributed by atoms with Gasteiger partial charge >= 0.3 is 0 Å². The van der Waals surface area contributed by atoms with Crippen molar-refractivity contribution in [2.45, 2.75) is 0 Å². The van der Waals surface area contributed by atoms with Crippen LogP contribution in [0.5, 0.6) is 5.75 Å². The predicted octanol–water partition coefficient (Wildman–Crippen LogP) is 1.06. The second kappa shape index (κ2) is 5.50. The monoisotopic (exact) mass is 206 g/mol. The fourth-order valence-corrected chi connectivity index (χ4v) is 1.20. The lowest BCUT2D eigenvalue weighted by Gasteiger charge is -2.18. The van der Waals surface area contributed by atoms with Crippen LogP contribution in [0.25, 0.3) is 0 Å². The summed E-state index contributed by atoms with van der Waals surface area (Å²) in [6, 6.07) is 7.47. The third kappa shape index (κ3) is 2.88. The zero-order valence-corrected chi connectivity index (χ0v) is 7.93. The van der Waals surface area contributed by atoms with E-state index in [0.717, 1.165) is 18.0 Å². The number of carboxylic acid groups (broad SMARTS) is 1. The van der Waals surface area contributed by atoms with Crippen LogP contribution < -0.4 is 10.1 Å². The molecule has 5 nitrogen and oxygen atoms in total. The van der Waals surface area contributed by atoms with Crippen molar-refractivity contribution in [2.75, 3.05) is 18.5 Å². The van der Waals surface area contributed by atoms with Crippen molar-refractivity contribution in [1.82, 2.24) is 0 Å². The van der Waals surface area contributed by atoms with Gasteiger partial charge in [-0.25, -0.2) is 0 Å². The van der Waals surface area contributed by atoms with Crippen molar-refractivity contribution in [2.24, 2.45) is 0 Å². The van der Waals surface area contributed by atoms with Gasteiger partial charge in [0.2, 0.25) is 0 Å². The van der Waals surface area contributed by atoms with Gasteiger partial charge < -0.3 is 15.2 Å². The van der Waals surface area contributed by atoms with E-state index in [1.54, 1.807) is 12.1 Å². The lowest BCUT2D eigenvalue weighted by molar-refractivity contribution is -0.122. The van der Waals surface area contributed by atoms with Gasteiger partial charge in [0.15, 0.2) is 0 Å². The molecule has 2 rings (SSSR count). The highest BCUT2D eigenvalue weighted by atomic mass is 16.5. The maximum absolute atomic E-state index is 8.61. The fraction of sp³-hybridized carbons (Fsp3) is 0.200.